The monoisotopic (exact) mass is 270 g/mol. The molecular formula is C13H16F2N2O2. The zero-order valence-electron chi connectivity index (χ0n) is 10.3. The van der Waals surface area contributed by atoms with Crippen LogP contribution in [0.1, 0.15) is 18.1 Å². The first-order valence-electron chi connectivity index (χ1n) is 6.13. The van der Waals surface area contributed by atoms with Gasteiger partial charge >= 0.3 is 0 Å². The van der Waals surface area contributed by atoms with Crippen molar-refractivity contribution in [3.05, 3.63) is 35.6 Å². The minimum Gasteiger partial charge on any atom is -0.386 e. The Bertz CT molecular complexity index is 462. The number of carbonyl (C=O) groups is 1. The summed E-state index contributed by atoms with van der Waals surface area (Å²) in [6.45, 7) is 0.194. The van der Waals surface area contributed by atoms with E-state index in [0.717, 1.165) is 0 Å². The fourth-order valence-corrected chi connectivity index (χ4v) is 2.06. The van der Waals surface area contributed by atoms with Crippen LogP contribution in [-0.2, 0) is 4.79 Å². The molecule has 2 atom stereocenters. The molecule has 0 saturated carbocycles. The molecule has 1 aromatic carbocycles. The van der Waals surface area contributed by atoms with E-state index in [1.165, 1.54) is 18.2 Å². The lowest BCUT2D eigenvalue weighted by atomic mass is 10.0. The predicted molar refractivity (Wildman–Crippen MR) is 65.7 cm³/mol. The van der Waals surface area contributed by atoms with Gasteiger partial charge in [0.15, 0.2) is 0 Å². The Morgan fingerprint density at radius 3 is 2.89 bits per heavy atom. The molecule has 19 heavy (non-hydrogen) atoms. The van der Waals surface area contributed by atoms with Crippen molar-refractivity contribution >= 4 is 5.91 Å². The molecule has 2 rings (SSSR count). The van der Waals surface area contributed by atoms with Gasteiger partial charge in [0.05, 0.1) is 6.10 Å². The molecule has 1 heterocycles. The molecule has 6 heteroatoms. The van der Waals surface area contributed by atoms with Gasteiger partial charge in [0.25, 0.3) is 5.91 Å². The van der Waals surface area contributed by atoms with Gasteiger partial charge in [0, 0.05) is 25.1 Å². The van der Waals surface area contributed by atoms with Crippen LogP contribution in [-0.4, -0.2) is 36.3 Å². The Hall–Kier alpha value is -1.53. The minimum absolute atomic E-state index is 0.0331. The average molecular weight is 270 g/mol. The van der Waals surface area contributed by atoms with Crippen LogP contribution in [0.3, 0.4) is 0 Å². The Morgan fingerprint density at radius 1 is 1.53 bits per heavy atom. The molecule has 4 nitrogen and oxygen atoms in total. The van der Waals surface area contributed by atoms with Crippen molar-refractivity contribution in [1.29, 1.82) is 0 Å². The van der Waals surface area contributed by atoms with Crippen molar-refractivity contribution < 1.29 is 18.7 Å². The Labute approximate surface area is 109 Å². The molecule has 1 aromatic rings. The lowest BCUT2D eigenvalue weighted by Gasteiger charge is -2.19. The lowest BCUT2D eigenvalue weighted by molar-refractivity contribution is -0.132. The van der Waals surface area contributed by atoms with E-state index in [1.807, 2.05) is 0 Å². The van der Waals surface area contributed by atoms with E-state index < -0.39 is 23.5 Å². The van der Waals surface area contributed by atoms with Crippen molar-refractivity contribution in [3.8, 4) is 0 Å². The van der Waals surface area contributed by atoms with Gasteiger partial charge in [-0.2, -0.15) is 0 Å². The van der Waals surface area contributed by atoms with Crippen molar-refractivity contribution in [3.63, 3.8) is 0 Å². The van der Waals surface area contributed by atoms with E-state index in [-0.39, 0.29) is 25.1 Å². The SMILES string of the molecule is O=C(NCC(O)c1ccccc1F)C1(F)CCNC1. The molecule has 1 amide bonds. The van der Waals surface area contributed by atoms with E-state index >= 15 is 0 Å². The summed E-state index contributed by atoms with van der Waals surface area (Å²) in [4.78, 5) is 11.7. The van der Waals surface area contributed by atoms with Gasteiger partial charge in [-0.05, 0) is 12.6 Å². The second-order valence-corrected chi connectivity index (χ2v) is 4.64. The molecule has 1 aliphatic heterocycles. The maximum absolute atomic E-state index is 14.0. The number of hydrogen-bond donors (Lipinski definition) is 3. The summed E-state index contributed by atoms with van der Waals surface area (Å²) >= 11 is 0. The quantitative estimate of drug-likeness (QED) is 0.754. The van der Waals surface area contributed by atoms with Gasteiger partial charge in [-0.25, -0.2) is 8.78 Å². The maximum atomic E-state index is 14.0. The zero-order valence-corrected chi connectivity index (χ0v) is 10.3. The molecule has 3 N–H and O–H groups in total. The molecule has 1 fully saturated rings. The highest BCUT2D eigenvalue weighted by Crippen LogP contribution is 2.21. The van der Waals surface area contributed by atoms with E-state index in [2.05, 4.69) is 10.6 Å². The van der Waals surface area contributed by atoms with Gasteiger partial charge in [-0.1, -0.05) is 18.2 Å². The normalized spacial score (nSPS) is 24.2. The average Bonchev–Trinajstić information content (AvgIpc) is 2.84. The van der Waals surface area contributed by atoms with E-state index in [9.17, 15) is 18.7 Å². The molecular weight excluding hydrogens is 254 g/mol. The summed E-state index contributed by atoms with van der Waals surface area (Å²) in [5, 5.41) is 14.9. The van der Waals surface area contributed by atoms with Crippen molar-refractivity contribution in [2.75, 3.05) is 19.6 Å². The summed E-state index contributed by atoms with van der Waals surface area (Å²) in [5.74, 6) is -1.32. The minimum atomic E-state index is -1.94. The Kier molecular flexibility index (Phi) is 4.11. The second-order valence-electron chi connectivity index (χ2n) is 4.64. The highest BCUT2D eigenvalue weighted by atomic mass is 19.1. The number of aliphatic hydroxyl groups excluding tert-OH is 1. The predicted octanol–water partition coefficient (Wildman–Crippen LogP) is 0.677. The third kappa shape index (κ3) is 3.08. The van der Waals surface area contributed by atoms with Crippen LogP contribution < -0.4 is 10.6 Å². The molecule has 0 aromatic heterocycles. The lowest BCUT2D eigenvalue weighted by Crippen LogP contribution is -2.46. The molecule has 1 saturated heterocycles. The number of alkyl halides is 1. The van der Waals surface area contributed by atoms with Crippen LogP contribution in [0.4, 0.5) is 8.78 Å². The van der Waals surface area contributed by atoms with Gasteiger partial charge in [0.1, 0.15) is 5.82 Å². The third-order valence-corrected chi connectivity index (χ3v) is 3.23. The molecule has 0 spiro atoms. The van der Waals surface area contributed by atoms with E-state index in [4.69, 9.17) is 0 Å². The summed E-state index contributed by atoms with van der Waals surface area (Å²) in [6, 6.07) is 5.73. The van der Waals surface area contributed by atoms with Gasteiger partial charge < -0.3 is 15.7 Å². The fourth-order valence-electron chi connectivity index (χ4n) is 2.06. The van der Waals surface area contributed by atoms with E-state index in [1.54, 1.807) is 6.07 Å². The molecule has 0 aliphatic carbocycles. The van der Waals surface area contributed by atoms with Gasteiger partial charge in [-0.3, -0.25) is 4.79 Å². The van der Waals surface area contributed by atoms with Crippen LogP contribution in [0, 0.1) is 5.82 Å². The van der Waals surface area contributed by atoms with Crippen LogP contribution >= 0.6 is 0 Å². The summed E-state index contributed by atoms with van der Waals surface area (Å²) in [6.07, 6.45) is -1.09. The van der Waals surface area contributed by atoms with Crippen LogP contribution in [0.5, 0.6) is 0 Å². The zero-order chi connectivity index (χ0) is 13.9. The van der Waals surface area contributed by atoms with Crippen LogP contribution in [0.2, 0.25) is 0 Å². The smallest absolute Gasteiger partial charge is 0.259 e. The largest absolute Gasteiger partial charge is 0.386 e. The highest BCUT2D eigenvalue weighted by Gasteiger charge is 2.41. The summed E-state index contributed by atoms with van der Waals surface area (Å²) in [7, 11) is 0. The Balaban J connectivity index is 1.92. The Morgan fingerprint density at radius 2 is 2.26 bits per heavy atom. The van der Waals surface area contributed by atoms with Gasteiger partial charge in [0.2, 0.25) is 5.67 Å². The standard InChI is InChI=1S/C13H16F2N2O2/c14-10-4-2-1-3-9(10)11(18)7-17-12(19)13(15)5-6-16-8-13/h1-4,11,16,18H,5-8H2,(H,17,19). The van der Waals surface area contributed by atoms with Crippen LogP contribution in [0.25, 0.3) is 0 Å². The number of carbonyl (C=O) groups excluding carboxylic acids is 1. The summed E-state index contributed by atoms with van der Waals surface area (Å²) in [5.41, 5.74) is -1.85. The topological polar surface area (TPSA) is 61.4 Å². The molecule has 2 unspecified atom stereocenters. The summed E-state index contributed by atoms with van der Waals surface area (Å²) < 4.78 is 27.4. The number of hydrogen-bond acceptors (Lipinski definition) is 3. The molecule has 1 aliphatic rings. The van der Waals surface area contributed by atoms with Crippen molar-refractivity contribution in [2.24, 2.45) is 0 Å². The van der Waals surface area contributed by atoms with Crippen molar-refractivity contribution in [2.45, 2.75) is 18.2 Å². The van der Waals surface area contributed by atoms with Crippen molar-refractivity contribution in [1.82, 2.24) is 10.6 Å². The first-order chi connectivity index (χ1) is 9.03. The molecule has 0 radical (unpaired) electrons. The van der Waals surface area contributed by atoms with E-state index in [0.29, 0.717) is 6.54 Å². The number of nitrogens with one attached hydrogen (secondary N) is 2. The van der Waals surface area contributed by atoms with Crippen LogP contribution in [0.15, 0.2) is 24.3 Å². The number of benzene rings is 1. The maximum Gasteiger partial charge on any atom is 0.259 e. The first-order valence-corrected chi connectivity index (χ1v) is 6.13. The number of rotatable bonds is 4. The third-order valence-electron chi connectivity index (χ3n) is 3.23. The molecule has 0 bridgehead atoms. The number of halogens is 2. The second kappa shape index (κ2) is 5.63. The molecule has 104 valence electrons. The number of amides is 1. The highest BCUT2D eigenvalue weighted by molar-refractivity contribution is 5.85. The van der Waals surface area contributed by atoms with Gasteiger partial charge in [-0.15, -0.1) is 0 Å². The number of aliphatic hydroxyl groups is 1. The first kappa shape index (κ1) is 13.9. The fraction of sp³-hybridized carbons (Fsp3) is 0.462.